The summed E-state index contributed by atoms with van der Waals surface area (Å²) in [6.45, 7) is 6.58. The van der Waals surface area contributed by atoms with E-state index >= 15 is 0 Å². The van der Waals surface area contributed by atoms with Crippen molar-refractivity contribution < 1.29 is 14.3 Å². The number of carbonyl (C=O) groups excluding carboxylic acids is 2. The number of nitrogens with zero attached hydrogens (tertiary/aromatic N) is 4. The van der Waals surface area contributed by atoms with Gasteiger partial charge in [-0.15, -0.1) is 0 Å². The minimum Gasteiger partial charge on any atom is -0.481 e. The zero-order valence-corrected chi connectivity index (χ0v) is 30.0. The molecule has 0 saturated carbocycles. The number of aryl methyl sites for hydroxylation is 2. The molecule has 0 radical (unpaired) electrons. The van der Waals surface area contributed by atoms with Crippen molar-refractivity contribution in [3.8, 4) is 11.4 Å². The van der Waals surface area contributed by atoms with Crippen LogP contribution >= 0.6 is 59.4 Å². The summed E-state index contributed by atoms with van der Waals surface area (Å²) in [5.41, 5.74) is 2.16. The van der Waals surface area contributed by atoms with E-state index in [0.29, 0.717) is 30.1 Å². The normalized spacial score (nSPS) is 10.7. The summed E-state index contributed by atoms with van der Waals surface area (Å²) < 4.78 is 9.95. The predicted octanol–water partition coefficient (Wildman–Crippen LogP) is 9.85. The van der Waals surface area contributed by atoms with Crippen LogP contribution in [0.1, 0.15) is 66.6 Å². The number of carbonyl (C=O) groups is 2. The van der Waals surface area contributed by atoms with Crippen LogP contribution < -0.4 is 0 Å². The second-order valence-corrected chi connectivity index (χ2v) is 12.1. The van der Waals surface area contributed by atoms with Crippen molar-refractivity contribution >= 4 is 76.4 Å². The molecule has 0 N–H and O–H groups in total. The highest BCUT2D eigenvalue weighted by molar-refractivity contribution is 9.11. The fourth-order valence-corrected chi connectivity index (χ4v) is 4.91. The van der Waals surface area contributed by atoms with E-state index in [0.717, 1.165) is 49.9 Å². The molecule has 0 bridgehead atoms. The minimum atomic E-state index is -0.429. The summed E-state index contributed by atoms with van der Waals surface area (Å²) >= 11 is 15.2. The summed E-state index contributed by atoms with van der Waals surface area (Å²) in [5, 5.41) is 3.97. The van der Waals surface area contributed by atoms with Gasteiger partial charge in [-0.25, -0.2) is 9.67 Å². The topological polar surface area (TPSA) is 86.4 Å². The van der Waals surface area contributed by atoms with E-state index in [-0.39, 0.29) is 5.91 Å². The lowest BCUT2D eigenvalue weighted by atomic mass is 10.2. The van der Waals surface area contributed by atoms with Gasteiger partial charge >= 0.3 is 0 Å². The monoisotopic (exact) mass is 794 g/mol. The molecule has 4 aromatic rings. The van der Waals surface area contributed by atoms with Crippen LogP contribution in [0.5, 0.6) is 0 Å². The molecule has 11 heteroatoms. The van der Waals surface area contributed by atoms with Gasteiger partial charge in [-0.2, -0.15) is 10.1 Å². The number of benzene rings is 3. The van der Waals surface area contributed by atoms with E-state index in [1.807, 2.05) is 62.0 Å². The smallest absolute Gasteiger partial charge is 0.280 e. The molecule has 228 valence electrons. The largest absolute Gasteiger partial charge is 0.481 e. The maximum Gasteiger partial charge on any atom is 0.280 e. The molecule has 0 aliphatic heterocycles. The predicted molar refractivity (Wildman–Crippen MR) is 185 cm³/mol. The van der Waals surface area contributed by atoms with E-state index in [1.165, 1.54) is 0 Å². The molecule has 1 aromatic heterocycles. The van der Waals surface area contributed by atoms with Crippen LogP contribution in [-0.2, 0) is 18.2 Å². The lowest BCUT2D eigenvalue weighted by Gasteiger charge is -2.05. The van der Waals surface area contributed by atoms with Gasteiger partial charge in [0.15, 0.2) is 17.5 Å². The first kappa shape index (κ1) is 36.5. The zero-order chi connectivity index (χ0) is 31.8. The summed E-state index contributed by atoms with van der Waals surface area (Å²) in [7, 11) is 1.93. The Bertz CT molecular complexity index is 1520. The Balaban J connectivity index is 0.000000233. The first-order valence-electron chi connectivity index (χ1n) is 13.7. The third-order valence-electron chi connectivity index (χ3n) is 5.49. The average Bonchev–Trinajstić information content (AvgIpc) is 3.34. The lowest BCUT2D eigenvalue weighted by Crippen LogP contribution is -2.08. The summed E-state index contributed by atoms with van der Waals surface area (Å²) in [5.74, 6) is 2.09. The van der Waals surface area contributed by atoms with Crippen LogP contribution in [0.3, 0.4) is 0 Å². The molecule has 4 rings (SSSR count). The fraction of sp³-hybridized carbons (Fsp3) is 0.281. The third kappa shape index (κ3) is 13.3. The van der Waals surface area contributed by atoms with Crippen LogP contribution in [0.4, 0.5) is 0 Å². The van der Waals surface area contributed by atoms with E-state index in [4.69, 9.17) is 16.3 Å². The SMILES string of the molecule is CCCC(=NC(=O)c1cccc(Br)c1)OCC.CCCc1nc(-c2cccc(Br)c2)n(C)n1.O=C(Cl)c1cccc(Br)c1. The third-order valence-corrected chi connectivity index (χ3v) is 7.19. The second kappa shape index (κ2) is 19.6. The molecular weight excluding hydrogens is 764 g/mol. The number of hydrogen-bond donors (Lipinski definition) is 0. The van der Waals surface area contributed by atoms with Crippen LogP contribution in [0.15, 0.2) is 91.2 Å². The van der Waals surface area contributed by atoms with Gasteiger partial charge in [-0.05, 0) is 73.8 Å². The van der Waals surface area contributed by atoms with Gasteiger partial charge in [0, 0.05) is 50.0 Å². The number of rotatable bonds is 8. The Morgan fingerprint density at radius 1 is 0.860 bits per heavy atom. The van der Waals surface area contributed by atoms with E-state index in [2.05, 4.69) is 75.9 Å². The summed E-state index contributed by atoms with van der Waals surface area (Å²) in [6, 6.07) is 22.2. The lowest BCUT2D eigenvalue weighted by molar-refractivity contribution is 0.0997. The Morgan fingerprint density at radius 2 is 1.44 bits per heavy atom. The maximum absolute atomic E-state index is 11.9. The van der Waals surface area contributed by atoms with Gasteiger partial charge in [0.1, 0.15) is 0 Å². The van der Waals surface area contributed by atoms with Crippen molar-refractivity contribution in [2.75, 3.05) is 6.61 Å². The highest BCUT2D eigenvalue weighted by atomic mass is 79.9. The standard InChI is InChI=1S/C13H16BrNO2.C12H14BrN3.C7H4BrClO/c1-3-6-12(17-4-2)15-13(16)10-7-5-8-11(14)9-10;1-3-5-11-14-12(16(2)15-11)9-6-4-7-10(13)8-9;8-6-3-1-2-5(4-6)7(9)10/h5,7-9H,3-4,6H2,1-2H3;4,6-8H,3,5H2,1-2H3;1-4H. The molecule has 0 unspecified atom stereocenters. The second-order valence-electron chi connectivity index (χ2n) is 9.02. The summed E-state index contributed by atoms with van der Waals surface area (Å²) in [4.78, 5) is 31.0. The van der Waals surface area contributed by atoms with Crippen LogP contribution in [-0.4, -0.2) is 38.4 Å². The van der Waals surface area contributed by atoms with Crippen molar-refractivity contribution in [3.63, 3.8) is 0 Å². The number of hydrogen-bond acceptors (Lipinski definition) is 5. The van der Waals surface area contributed by atoms with Crippen molar-refractivity contribution in [2.45, 2.75) is 46.5 Å². The Labute approximate surface area is 283 Å². The molecule has 3 aromatic carbocycles. The average molecular weight is 798 g/mol. The number of aromatic nitrogens is 3. The highest BCUT2D eigenvalue weighted by Gasteiger charge is 2.09. The number of ether oxygens (including phenoxy) is 1. The van der Waals surface area contributed by atoms with Crippen molar-refractivity contribution in [2.24, 2.45) is 12.0 Å². The Kier molecular flexibility index (Phi) is 16.6. The van der Waals surface area contributed by atoms with Crippen LogP contribution in [0, 0.1) is 0 Å². The zero-order valence-electron chi connectivity index (χ0n) is 24.5. The molecule has 0 aliphatic carbocycles. The summed E-state index contributed by atoms with van der Waals surface area (Å²) in [6.07, 6.45) is 3.60. The molecule has 7 nitrogen and oxygen atoms in total. The van der Waals surface area contributed by atoms with Crippen molar-refractivity contribution in [1.29, 1.82) is 0 Å². The first-order valence-corrected chi connectivity index (χ1v) is 16.4. The Hall–Kier alpha value is -2.66. The molecule has 1 amide bonds. The highest BCUT2D eigenvalue weighted by Crippen LogP contribution is 2.21. The van der Waals surface area contributed by atoms with Gasteiger partial charge in [0.2, 0.25) is 0 Å². The van der Waals surface area contributed by atoms with Crippen molar-refractivity contribution in [3.05, 3.63) is 103 Å². The van der Waals surface area contributed by atoms with Crippen molar-refractivity contribution in [1.82, 2.24) is 14.8 Å². The molecule has 0 saturated heterocycles. The number of aliphatic imine (C=N–C) groups is 1. The van der Waals surface area contributed by atoms with Crippen LogP contribution in [0.2, 0.25) is 0 Å². The number of halogens is 4. The fourth-order valence-electron chi connectivity index (χ4n) is 3.60. The number of amides is 1. The molecule has 0 fully saturated rings. The maximum atomic E-state index is 11.9. The van der Waals surface area contributed by atoms with Gasteiger partial charge in [0.25, 0.3) is 11.1 Å². The van der Waals surface area contributed by atoms with Gasteiger partial charge < -0.3 is 4.74 Å². The molecular formula is C32H34Br3ClN4O3. The molecule has 0 atom stereocenters. The Morgan fingerprint density at radius 3 is 1.95 bits per heavy atom. The molecule has 1 heterocycles. The van der Waals surface area contributed by atoms with Crippen LogP contribution in [0.25, 0.3) is 11.4 Å². The molecule has 0 spiro atoms. The van der Waals surface area contributed by atoms with Gasteiger partial charge in [-0.3, -0.25) is 9.59 Å². The van der Waals surface area contributed by atoms with E-state index in [9.17, 15) is 9.59 Å². The quantitative estimate of drug-likeness (QED) is 0.101. The minimum absolute atomic E-state index is 0.261. The van der Waals surface area contributed by atoms with E-state index in [1.54, 1.807) is 30.3 Å². The van der Waals surface area contributed by atoms with Gasteiger partial charge in [0.05, 0.1) is 6.61 Å². The molecule has 43 heavy (non-hydrogen) atoms. The molecule has 0 aliphatic rings. The first-order chi connectivity index (χ1) is 20.6. The van der Waals surface area contributed by atoms with Gasteiger partial charge in [-0.1, -0.05) is 92.0 Å². The van der Waals surface area contributed by atoms with E-state index < -0.39 is 5.24 Å².